The Morgan fingerprint density at radius 1 is 1.14 bits per heavy atom. The number of nitrogens with one attached hydrogen (secondary N) is 1. The molecule has 7 heteroatoms. The molecule has 4 bridgehead atoms. The molecule has 0 unspecified atom stereocenters. The number of halogens is 1. The van der Waals surface area contributed by atoms with Crippen molar-refractivity contribution in [2.45, 2.75) is 19.9 Å². The van der Waals surface area contributed by atoms with Crippen LogP contribution in [0.2, 0.25) is 5.02 Å². The Morgan fingerprint density at radius 3 is 2.86 bits per heavy atom. The quantitative estimate of drug-likeness (QED) is 0.346. The summed E-state index contributed by atoms with van der Waals surface area (Å²) in [7, 11) is 0. The second kappa shape index (κ2) is 10.1. The first-order chi connectivity index (χ1) is 17.5. The van der Waals surface area contributed by atoms with Crippen LogP contribution >= 0.6 is 11.6 Å². The van der Waals surface area contributed by atoms with Gasteiger partial charge in [-0.05, 0) is 60.0 Å². The number of hydrogen-bond acceptors (Lipinski definition) is 4. The average Bonchev–Trinajstić information content (AvgIpc) is 3.21. The van der Waals surface area contributed by atoms with Gasteiger partial charge in [0.15, 0.2) is 0 Å². The van der Waals surface area contributed by atoms with Crippen LogP contribution in [-0.4, -0.2) is 22.0 Å². The summed E-state index contributed by atoms with van der Waals surface area (Å²) in [6.45, 7) is 3.01. The van der Waals surface area contributed by atoms with E-state index in [1.165, 1.54) is 0 Å². The molecule has 6 nitrogen and oxygen atoms in total. The number of nitrogens with zero attached hydrogens (tertiary/aromatic N) is 3. The predicted octanol–water partition coefficient (Wildman–Crippen LogP) is 6.01. The zero-order valence-electron chi connectivity index (χ0n) is 19.7. The highest BCUT2D eigenvalue weighted by atomic mass is 35.5. The molecule has 0 radical (unpaired) electrons. The first-order valence-corrected chi connectivity index (χ1v) is 12.0. The Morgan fingerprint density at radius 2 is 2.03 bits per heavy atom. The van der Waals surface area contributed by atoms with Gasteiger partial charge in [-0.25, -0.2) is 4.98 Å². The molecule has 0 spiro atoms. The van der Waals surface area contributed by atoms with Crippen LogP contribution < -0.4 is 10.1 Å². The van der Waals surface area contributed by atoms with E-state index in [0.29, 0.717) is 47.2 Å². The zero-order valence-corrected chi connectivity index (χ0v) is 20.4. The van der Waals surface area contributed by atoms with Crippen molar-refractivity contribution in [3.8, 4) is 17.6 Å². The number of aryl methyl sites for hydroxylation is 1. The van der Waals surface area contributed by atoms with Crippen molar-refractivity contribution in [3.63, 3.8) is 0 Å². The zero-order chi connectivity index (χ0) is 25.1. The summed E-state index contributed by atoms with van der Waals surface area (Å²) < 4.78 is 8.25. The Hall–Kier alpha value is -4.34. The highest BCUT2D eigenvalue weighted by Gasteiger charge is 2.16. The number of rotatable bonds is 2. The smallest absolute Gasteiger partial charge is 0.252 e. The maximum Gasteiger partial charge on any atom is 0.252 e. The molecule has 1 aliphatic heterocycles. The predicted molar refractivity (Wildman–Crippen MR) is 140 cm³/mol. The van der Waals surface area contributed by atoms with E-state index in [1.54, 1.807) is 18.2 Å². The second-order valence-corrected chi connectivity index (χ2v) is 9.01. The molecule has 0 fully saturated rings. The molecule has 2 heterocycles. The van der Waals surface area contributed by atoms with E-state index in [9.17, 15) is 10.1 Å². The van der Waals surface area contributed by atoms with E-state index in [2.05, 4.69) is 20.9 Å². The molecule has 1 aromatic heterocycles. The van der Waals surface area contributed by atoms with Crippen LogP contribution in [0.3, 0.4) is 0 Å². The number of ether oxygens (including phenoxy) is 1. The molecule has 0 atom stereocenters. The molecule has 1 N–H and O–H groups in total. The molecule has 178 valence electrons. The van der Waals surface area contributed by atoms with E-state index < -0.39 is 0 Å². The van der Waals surface area contributed by atoms with Crippen LogP contribution in [0.25, 0.3) is 12.2 Å². The van der Waals surface area contributed by atoms with Gasteiger partial charge >= 0.3 is 0 Å². The van der Waals surface area contributed by atoms with Gasteiger partial charge in [0.25, 0.3) is 5.91 Å². The molecule has 0 aliphatic carbocycles. The van der Waals surface area contributed by atoms with Gasteiger partial charge in [0.05, 0.1) is 11.1 Å². The molecule has 36 heavy (non-hydrogen) atoms. The summed E-state index contributed by atoms with van der Waals surface area (Å²) in [5.74, 6) is 1.60. The van der Waals surface area contributed by atoms with Crippen molar-refractivity contribution in [2.24, 2.45) is 0 Å². The Bertz CT molecular complexity index is 1530. The molecule has 0 saturated heterocycles. The first kappa shape index (κ1) is 23.4. The van der Waals surface area contributed by atoms with Gasteiger partial charge in [-0.3, -0.25) is 4.79 Å². The largest absolute Gasteiger partial charge is 0.456 e. The van der Waals surface area contributed by atoms with Crippen LogP contribution in [0, 0.1) is 18.3 Å². The standard InChI is InChI=1S/C29H23ClN4O2/c1-19-33-17-25-11-12-32-29(35)27-15-26(10-9-22(27)7-5-20-3-2-4-24(30)13-20)36-28-14-21(18-34(19)25)6-8-23(28)16-31/h2-10,13-15,17H,11-12,18H2,1H3,(H,32,35). The molecule has 4 aromatic rings. The number of carbonyl (C=O) groups excluding carboxylic acids is 1. The lowest BCUT2D eigenvalue weighted by molar-refractivity contribution is 0.0953. The third-order valence-corrected chi connectivity index (χ3v) is 6.35. The third kappa shape index (κ3) is 5.02. The highest BCUT2D eigenvalue weighted by Crippen LogP contribution is 2.29. The third-order valence-electron chi connectivity index (χ3n) is 6.11. The van der Waals surface area contributed by atoms with E-state index in [1.807, 2.05) is 67.7 Å². The minimum Gasteiger partial charge on any atom is -0.456 e. The molecule has 0 saturated carbocycles. The second-order valence-electron chi connectivity index (χ2n) is 8.57. The van der Waals surface area contributed by atoms with Crippen molar-refractivity contribution in [3.05, 3.63) is 111 Å². The molecule has 5 rings (SSSR count). The summed E-state index contributed by atoms with van der Waals surface area (Å²) >= 11 is 6.11. The number of aromatic nitrogens is 2. The van der Waals surface area contributed by atoms with E-state index >= 15 is 0 Å². The minimum atomic E-state index is -0.208. The number of amides is 1. The number of nitriles is 1. The van der Waals surface area contributed by atoms with Gasteiger partial charge in [0.2, 0.25) is 0 Å². The molecular weight excluding hydrogens is 472 g/mol. The van der Waals surface area contributed by atoms with Gasteiger partial charge in [-0.2, -0.15) is 5.26 Å². The minimum absolute atomic E-state index is 0.208. The summed E-state index contributed by atoms with van der Waals surface area (Å²) in [6.07, 6.45) is 6.27. The van der Waals surface area contributed by atoms with Crippen molar-refractivity contribution in [1.82, 2.24) is 14.9 Å². The SMILES string of the molecule is Cc1ncc2n1Cc1ccc(C#N)c(c1)Oc1ccc(C=Cc3cccc(Cl)c3)c(c1)C(=O)NCC2. The van der Waals surface area contributed by atoms with Gasteiger partial charge in [-0.15, -0.1) is 0 Å². The van der Waals surface area contributed by atoms with E-state index in [-0.39, 0.29) is 5.91 Å². The van der Waals surface area contributed by atoms with Gasteiger partial charge in [0, 0.05) is 36.4 Å². The lowest BCUT2D eigenvalue weighted by Gasteiger charge is -2.16. The molecule has 3 aromatic carbocycles. The van der Waals surface area contributed by atoms with Gasteiger partial charge in [0.1, 0.15) is 23.4 Å². The van der Waals surface area contributed by atoms with Crippen LogP contribution in [0.4, 0.5) is 0 Å². The fraction of sp³-hybridized carbons (Fsp3) is 0.138. The Balaban J connectivity index is 1.57. The number of imidazole rings is 1. The van der Waals surface area contributed by atoms with Crippen LogP contribution in [0.15, 0.2) is 66.9 Å². The normalized spacial score (nSPS) is 13.3. The maximum atomic E-state index is 13.3. The number of benzene rings is 3. The van der Waals surface area contributed by atoms with Crippen LogP contribution in [0.1, 0.15) is 44.1 Å². The summed E-state index contributed by atoms with van der Waals surface area (Å²) in [5, 5.41) is 13.3. The van der Waals surface area contributed by atoms with E-state index in [4.69, 9.17) is 16.3 Å². The Labute approximate surface area is 214 Å². The summed E-state index contributed by atoms with van der Waals surface area (Å²) in [4.78, 5) is 17.7. The topological polar surface area (TPSA) is 79.9 Å². The van der Waals surface area contributed by atoms with Crippen molar-refractivity contribution < 1.29 is 9.53 Å². The number of fused-ring (bicyclic) bond motifs is 5. The molecule has 1 amide bonds. The summed E-state index contributed by atoms with van der Waals surface area (Å²) in [6, 6.07) is 20.6. The fourth-order valence-electron chi connectivity index (χ4n) is 4.22. The van der Waals surface area contributed by atoms with Crippen molar-refractivity contribution in [2.75, 3.05) is 6.54 Å². The highest BCUT2D eigenvalue weighted by molar-refractivity contribution is 6.30. The maximum absolute atomic E-state index is 13.3. The lowest BCUT2D eigenvalue weighted by Crippen LogP contribution is -2.27. The van der Waals surface area contributed by atoms with Gasteiger partial charge < -0.3 is 14.6 Å². The number of carbonyl (C=O) groups is 1. The average molecular weight is 495 g/mol. The monoisotopic (exact) mass is 494 g/mol. The molecule has 1 aliphatic rings. The van der Waals surface area contributed by atoms with Gasteiger partial charge in [-0.1, -0.05) is 48.0 Å². The number of hydrogen-bond donors (Lipinski definition) is 1. The van der Waals surface area contributed by atoms with E-state index in [0.717, 1.165) is 28.2 Å². The molecular formula is C29H23ClN4O2. The van der Waals surface area contributed by atoms with Crippen LogP contribution in [0.5, 0.6) is 11.5 Å². The van der Waals surface area contributed by atoms with Crippen molar-refractivity contribution >= 4 is 29.7 Å². The van der Waals surface area contributed by atoms with Crippen molar-refractivity contribution in [1.29, 1.82) is 5.26 Å². The first-order valence-electron chi connectivity index (χ1n) is 11.6. The summed E-state index contributed by atoms with van der Waals surface area (Å²) in [5.41, 5.74) is 4.57. The fourth-order valence-corrected chi connectivity index (χ4v) is 4.42. The van der Waals surface area contributed by atoms with Crippen LogP contribution in [-0.2, 0) is 13.0 Å². The lowest BCUT2D eigenvalue weighted by atomic mass is 10.0. The Kier molecular flexibility index (Phi) is 6.57.